The van der Waals surface area contributed by atoms with Gasteiger partial charge in [0.05, 0.1) is 5.25 Å². The van der Waals surface area contributed by atoms with Crippen LogP contribution in [0.3, 0.4) is 0 Å². The van der Waals surface area contributed by atoms with Crippen molar-refractivity contribution in [3.63, 3.8) is 0 Å². The maximum absolute atomic E-state index is 10.9. The Balaban J connectivity index is 2.89. The third-order valence-corrected chi connectivity index (χ3v) is 2.76. The Kier molecular flexibility index (Phi) is 3.35. The standard InChI is InChI=1S/C9H9BrOS/c1-6(11)9(12)7-2-4-8(10)5-3-7/h2-5,9,12H,1H3. The van der Waals surface area contributed by atoms with E-state index in [2.05, 4.69) is 28.6 Å². The minimum Gasteiger partial charge on any atom is -0.298 e. The van der Waals surface area contributed by atoms with Crippen molar-refractivity contribution in [2.75, 3.05) is 0 Å². The van der Waals surface area contributed by atoms with Gasteiger partial charge in [-0.2, -0.15) is 12.6 Å². The van der Waals surface area contributed by atoms with Gasteiger partial charge in [0.25, 0.3) is 0 Å². The minimum atomic E-state index is -0.293. The van der Waals surface area contributed by atoms with E-state index in [1.807, 2.05) is 24.3 Å². The fourth-order valence-corrected chi connectivity index (χ4v) is 1.32. The average Bonchev–Trinajstić information content (AvgIpc) is 2.04. The molecule has 0 spiro atoms. The molecule has 0 amide bonds. The lowest BCUT2D eigenvalue weighted by molar-refractivity contribution is -0.116. The monoisotopic (exact) mass is 244 g/mol. The Morgan fingerprint density at radius 1 is 1.42 bits per heavy atom. The van der Waals surface area contributed by atoms with Crippen LogP contribution in [0.5, 0.6) is 0 Å². The summed E-state index contributed by atoms with van der Waals surface area (Å²) in [5.74, 6) is 0.0701. The van der Waals surface area contributed by atoms with Crippen molar-refractivity contribution < 1.29 is 4.79 Å². The molecule has 1 unspecified atom stereocenters. The SMILES string of the molecule is CC(=O)C(S)c1ccc(Br)cc1. The highest BCUT2D eigenvalue weighted by Gasteiger charge is 2.10. The number of halogens is 1. The number of carbonyl (C=O) groups excluding carboxylic acids is 1. The lowest BCUT2D eigenvalue weighted by Crippen LogP contribution is -2.00. The van der Waals surface area contributed by atoms with Gasteiger partial charge in [0.15, 0.2) is 0 Å². The summed E-state index contributed by atoms with van der Waals surface area (Å²) in [6.07, 6.45) is 0. The van der Waals surface area contributed by atoms with E-state index in [0.29, 0.717) is 0 Å². The molecule has 0 aromatic heterocycles. The molecule has 0 heterocycles. The number of thiol groups is 1. The van der Waals surface area contributed by atoms with Crippen LogP contribution in [0.4, 0.5) is 0 Å². The van der Waals surface area contributed by atoms with Crippen LogP contribution in [0.15, 0.2) is 28.7 Å². The van der Waals surface area contributed by atoms with Crippen LogP contribution >= 0.6 is 28.6 Å². The lowest BCUT2D eigenvalue weighted by atomic mass is 10.1. The topological polar surface area (TPSA) is 17.1 Å². The summed E-state index contributed by atoms with van der Waals surface area (Å²) in [7, 11) is 0. The molecule has 1 atom stereocenters. The summed E-state index contributed by atoms with van der Waals surface area (Å²) in [5.41, 5.74) is 0.939. The van der Waals surface area contributed by atoms with Gasteiger partial charge in [-0.25, -0.2) is 0 Å². The van der Waals surface area contributed by atoms with Crippen LogP contribution in [0.25, 0.3) is 0 Å². The minimum absolute atomic E-state index is 0.0701. The number of hydrogen-bond donors (Lipinski definition) is 1. The zero-order chi connectivity index (χ0) is 9.14. The predicted octanol–water partition coefficient (Wildman–Crippen LogP) is 3.01. The zero-order valence-corrected chi connectivity index (χ0v) is 9.10. The number of hydrogen-bond acceptors (Lipinski definition) is 2. The largest absolute Gasteiger partial charge is 0.298 e. The molecule has 1 aromatic rings. The highest BCUT2D eigenvalue weighted by molar-refractivity contribution is 9.10. The van der Waals surface area contributed by atoms with E-state index >= 15 is 0 Å². The van der Waals surface area contributed by atoms with Crippen molar-refractivity contribution in [2.24, 2.45) is 0 Å². The number of rotatable bonds is 2. The van der Waals surface area contributed by atoms with E-state index in [0.717, 1.165) is 10.0 Å². The van der Waals surface area contributed by atoms with Crippen molar-refractivity contribution in [3.05, 3.63) is 34.3 Å². The fourth-order valence-electron chi connectivity index (χ4n) is 0.880. The van der Waals surface area contributed by atoms with Crippen molar-refractivity contribution in [2.45, 2.75) is 12.2 Å². The molecule has 3 heteroatoms. The highest BCUT2D eigenvalue weighted by atomic mass is 79.9. The summed E-state index contributed by atoms with van der Waals surface area (Å²) in [6, 6.07) is 7.59. The Bertz CT molecular complexity index is 281. The van der Waals surface area contributed by atoms with E-state index in [1.165, 1.54) is 0 Å². The quantitative estimate of drug-likeness (QED) is 0.792. The van der Waals surface area contributed by atoms with Crippen LogP contribution in [0.2, 0.25) is 0 Å². The second kappa shape index (κ2) is 4.10. The van der Waals surface area contributed by atoms with Crippen LogP contribution in [0, 0.1) is 0 Å². The molecule has 0 fully saturated rings. The van der Waals surface area contributed by atoms with Crippen molar-refractivity contribution in [1.29, 1.82) is 0 Å². The first-order chi connectivity index (χ1) is 5.61. The molecule has 64 valence electrons. The second-order valence-electron chi connectivity index (χ2n) is 2.56. The van der Waals surface area contributed by atoms with Crippen molar-refractivity contribution >= 4 is 34.3 Å². The first-order valence-electron chi connectivity index (χ1n) is 3.55. The third kappa shape index (κ3) is 2.35. The molecule has 0 aliphatic heterocycles. The summed E-state index contributed by atoms with van der Waals surface area (Å²) in [5, 5.41) is -0.293. The molecule has 0 saturated heterocycles. The van der Waals surface area contributed by atoms with Gasteiger partial charge < -0.3 is 0 Å². The van der Waals surface area contributed by atoms with E-state index in [-0.39, 0.29) is 11.0 Å². The fraction of sp³-hybridized carbons (Fsp3) is 0.222. The predicted molar refractivity (Wildman–Crippen MR) is 56.6 cm³/mol. The zero-order valence-electron chi connectivity index (χ0n) is 6.62. The number of benzene rings is 1. The van der Waals surface area contributed by atoms with E-state index in [4.69, 9.17) is 0 Å². The molecule has 0 aliphatic carbocycles. The van der Waals surface area contributed by atoms with Crippen LogP contribution in [-0.2, 0) is 4.79 Å². The molecule has 1 aromatic carbocycles. The van der Waals surface area contributed by atoms with E-state index in [1.54, 1.807) is 6.92 Å². The Morgan fingerprint density at radius 2 is 1.92 bits per heavy atom. The Hall–Kier alpha value is -0.280. The maximum Gasteiger partial charge on any atom is 0.146 e. The van der Waals surface area contributed by atoms with Gasteiger partial charge in [-0.15, -0.1) is 0 Å². The third-order valence-electron chi connectivity index (χ3n) is 1.57. The Morgan fingerprint density at radius 3 is 2.33 bits per heavy atom. The van der Waals surface area contributed by atoms with Gasteiger partial charge in [0.1, 0.15) is 5.78 Å². The molecule has 12 heavy (non-hydrogen) atoms. The molecule has 1 nitrogen and oxygen atoms in total. The molecule has 0 N–H and O–H groups in total. The van der Waals surface area contributed by atoms with Gasteiger partial charge in [-0.3, -0.25) is 4.79 Å². The van der Waals surface area contributed by atoms with Crippen molar-refractivity contribution in [1.82, 2.24) is 0 Å². The number of carbonyl (C=O) groups is 1. The summed E-state index contributed by atoms with van der Waals surface area (Å²) < 4.78 is 1.01. The molecule has 1 rings (SSSR count). The summed E-state index contributed by atoms with van der Waals surface area (Å²) >= 11 is 7.51. The summed E-state index contributed by atoms with van der Waals surface area (Å²) in [4.78, 5) is 10.9. The lowest BCUT2D eigenvalue weighted by Gasteiger charge is -2.06. The van der Waals surface area contributed by atoms with Crippen LogP contribution in [-0.4, -0.2) is 5.78 Å². The number of Topliss-reactive ketones (excluding diaryl/α,β-unsaturated/α-hetero) is 1. The molecular weight excluding hydrogens is 236 g/mol. The van der Waals surface area contributed by atoms with E-state index < -0.39 is 0 Å². The second-order valence-corrected chi connectivity index (χ2v) is 4.00. The summed E-state index contributed by atoms with van der Waals surface area (Å²) in [6.45, 7) is 1.54. The van der Waals surface area contributed by atoms with Crippen LogP contribution < -0.4 is 0 Å². The molecule has 0 aliphatic rings. The Labute approximate surface area is 85.7 Å². The smallest absolute Gasteiger partial charge is 0.146 e. The van der Waals surface area contributed by atoms with Gasteiger partial charge >= 0.3 is 0 Å². The highest BCUT2D eigenvalue weighted by Crippen LogP contribution is 2.22. The molecule has 0 radical (unpaired) electrons. The first kappa shape index (κ1) is 9.81. The van der Waals surface area contributed by atoms with Gasteiger partial charge in [0.2, 0.25) is 0 Å². The molecular formula is C9H9BrOS. The number of ketones is 1. The first-order valence-corrected chi connectivity index (χ1v) is 4.86. The van der Waals surface area contributed by atoms with Gasteiger partial charge in [0, 0.05) is 4.47 Å². The molecule has 0 bridgehead atoms. The maximum atomic E-state index is 10.9. The average molecular weight is 245 g/mol. The van der Waals surface area contributed by atoms with Crippen molar-refractivity contribution in [3.8, 4) is 0 Å². The van der Waals surface area contributed by atoms with Gasteiger partial charge in [-0.1, -0.05) is 28.1 Å². The van der Waals surface area contributed by atoms with Gasteiger partial charge in [-0.05, 0) is 24.6 Å². The molecule has 0 saturated carbocycles. The normalized spacial score (nSPS) is 12.6. The van der Waals surface area contributed by atoms with Crippen LogP contribution in [0.1, 0.15) is 17.7 Å². The van der Waals surface area contributed by atoms with E-state index in [9.17, 15) is 4.79 Å².